The Morgan fingerprint density at radius 2 is 1.88 bits per heavy atom. The van der Waals surface area contributed by atoms with Crippen LogP contribution in [-0.2, 0) is 25.6 Å². The number of hydrazine groups is 1. The molecule has 1 unspecified atom stereocenters. The fraction of sp³-hybridized carbons (Fsp3) is 0.478. The zero-order valence-corrected chi connectivity index (χ0v) is 19.2. The van der Waals surface area contributed by atoms with Crippen LogP contribution < -0.4 is 11.2 Å². The third-order valence-electron chi connectivity index (χ3n) is 5.16. The Bertz CT molecular complexity index is 863. The summed E-state index contributed by atoms with van der Waals surface area (Å²) >= 11 is 0. The van der Waals surface area contributed by atoms with Crippen molar-refractivity contribution in [3.63, 3.8) is 0 Å². The van der Waals surface area contributed by atoms with Crippen LogP contribution >= 0.6 is 0 Å². The molecule has 174 valence electrons. The number of rotatable bonds is 9. The molecule has 9 nitrogen and oxygen atoms in total. The lowest BCUT2D eigenvalue weighted by Gasteiger charge is -2.31. The van der Waals surface area contributed by atoms with Gasteiger partial charge >= 0.3 is 0 Å². The van der Waals surface area contributed by atoms with Crippen molar-refractivity contribution in [2.24, 2.45) is 5.73 Å². The van der Waals surface area contributed by atoms with Crippen LogP contribution in [0.25, 0.3) is 0 Å². The van der Waals surface area contributed by atoms with E-state index in [1.54, 1.807) is 6.08 Å². The smallest absolute Gasteiger partial charge is 0.264 e. The summed E-state index contributed by atoms with van der Waals surface area (Å²) in [6.07, 6.45) is 4.12. The van der Waals surface area contributed by atoms with E-state index in [2.05, 4.69) is 5.43 Å². The number of amides is 4. The molecule has 1 atom stereocenters. The van der Waals surface area contributed by atoms with Crippen LogP contribution in [0.15, 0.2) is 42.5 Å². The molecule has 0 spiro atoms. The lowest BCUT2D eigenvalue weighted by atomic mass is 10.0. The molecular weight excluding hydrogens is 410 g/mol. The first kappa shape index (κ1) is 25.1. The molecule has 1 fully saturated rings. The van der Waals surface area contributed by atoms with Gasteiger partial charge in [-0.25, -0.2) is 0 Å². The van der Waals surface area contributed by atoms with Crippen molar-refractivity contribution in [2.45, 2.75) is 44.7 Å². The highest BCUT2D eigenvalue weighted by Gasteiger charge is 2.34. The highest BCUT2D eigenvalue weighted by Crippen LogP contribution is 2.13. The van der Waals surface area contributed by atoms with Gasteiger partial charge in [0.25, 0.3) is 5.91 Å². The molecule has 0 radical (unpaired) electrons. The molecule has 0 saturated carbocycles. The lowest BCUT2D eigenvalue weighted by Crippen LogP contribution is -2.54. The zero-order valence-electron chi connectivity index (χ0n) is 19.2. The van der Waals surface area contributed by atoms with Gasteiger partial charge in [0.05, 0.1) is 13.1 Å². The van der Waals surface area contributed by atoms with E-state index in [-0.39, 0.29) is 49.6 Å². The van der Waals surface area contributed by atoms with Crippen molar-refractivity contribution < 1.29 is 19.2 Å². The zero-order chi connectivity index (χ0) is 23.9. The first-order valence-electron chi connectivity index (χ1n) is 10.6. The summed E-state index contributed by atoms with van der Waals surface area (Å²) in [4.78, 5) is 52.6. The molecule has 9 heteroatoms. The topological polar surface area (TPSA) is 116 Å². The molecule has 2 rings (SSSR count). The number of nitrogens with zero attached hydrogens (tertiary/aromatic N) is 3. The van der Waals surface area contributed by atoms with Crippen LogP contribution in [0.1, 0.15) is 32.3 Å². The molecule has 4 amide bonds. The normalized spacial score (nSPS) is 14.9. The summed E-state index contributed by atoms with van der Waals surface area (Å²) in [6.45, 7) is 3.79. The fourth-order valence-corrected chi connectivity index (χ4v) is 3.20. The van der Waals surface area contributed by atoms with Crippen molar-refractivity contribution in [2.75, 3.05) is 27.2 Å². The number of nitrogens with two attached hydrogens (primary N) is 1. The first-order valence-corrected chi connectivity index (χ1v) is 10.6. The van der Waals surface area contributed by atoms with Crippen molar-refractivity contribution >= 4 is 23.6 Å². The molecule has 1 aromatic rings. The maximum absolute atomic E-state index is 13.1. The summed E-state index contributed by atoms with van der Waals surface area (Å²) in [6, 6.07) is 8.52. The van der Waals surface area contributed by atoms with Crippen molar-refractivity contribution in [1.29, 1.82) is 0 Å². The Hall–Kier alpha value is -3.20. The predicted octanol–water partition coefficient (Wildman–Crippen LogP) is 0.462. The number of likely N-dealkylation sites (N-methyl/N-ethyl adjacent to an activating group) is 2. The van der Waals surface area contributed by atoms with Crippen molar-refractivity contribution in [3.05, 3.63) is 48.0 Å². The van der Waals surface area contributed by atoms with Crippen LogP contribution in [0.2, 0.25) is 0 Å². The molecule has 1 aliphatic rings. The van der Waals surface area contributed by atoms with Gasteiger partial charge in [0.15, 0.2) is 0 Å². The van der Waals surface area contributed by atoms with Gasteiger partial charge in [-0.15, -0.1) is 0 Å². The second-order valence-corrected chi connectivity index (χ2v) is 8.77. The van der Waals surface area contributed by atoms with E-state index in [0.717, 1.165) is 5.56 Å². The van der Waals surface area contributed by atoms with Gasteiger partial charge in [-0.2, -0.15) is 0 Å². The summed E-state index contributed by atoms with van der Waals surface area (Å²) in [5.41, 5.74) is 8.89. The van der Waals surface area contributed by atoms with Crippen LogP contribution in [0.3, 0.4) is 0 Å². The average Bonchev–Trinajstić information content (AvgIpc) is 3.17. The number of carbonyl (C=O) groups is 4. The lowest BCUT2D eigenvalue weighted by molar-refractivity contribution is -0.147. The summed E-state index contributed by atoms with van der Waals surface area (Å²) in [5.74, 6) is -1.31. The molecule has 1 aromatic carbocycles. The van der Waals surface area contributed by atoms with E-state index in [1.807, 2.05) is 44.2 Å². The maximum atomic E-state index is 13.1. The van der Waals surface area contributed by atoms with Gasteiger partial charge in [-0.05, 0) is 31.9 Å². The number of hydrogen-bond acceptors (Lipinski definition) is 5. The number of nitrogens with one attached hydrogen (secondary N) is 1. The summed E-state index contributed by atoms with van der Waals surface area (Å²) in [7, 11) is 3.07. The quantitative estimate of drug-likeness (QED) is 0.538. The molecule has 1 saturated heterocycles. The van der Waals surface area contributed by atoms with Gasteiger partial charge in [0.2, 0.25) is 17.7 Å². The SMILES string of the molecule is CN(CC(=O)N(C)C(Cc1ccccc1)C(=O)N1CCC(=O)N1)C(=O)/C=C/CC(C)(C)N. The standard InChI is InChI=1S/C23H33N5O4/c1-23(2,24)13-8-11-20(30)26(3)16-21(31)27(4)18(15-17-9-6-5-7-10-17)22(32)28-14-12-19(29)25-28/h5-11,18H,12-16,24H2,1-4H3,(H,25,29)/b11-8+. The van der Waals surface area contributed by atoms with Crippen LogP contribution in [0.4, 0.5) is 0 Å². The van der Waals surface area contributed by atoms with E-state index in [9.17, 15) is 19.2 Å². The van der Waals surface area contributed by atoms with E-state index in [0.29, 0.717) is 6.42 Å². The predicted molar refractivity (Wildman–Crippen MR) is 121 cm³/mol. The van der Waals surface area contributed by atoms with E-state index >= 15 is 0 Å². The van der Waals surface area contributed by atoms with E-state index in [4.69, 9.17) is 5.73 Å². The first-order chi connectivity index (χ1) is 15.0. The van der Waals surface area contributed by atoms with E-state index in [1.165, 1.54) is 35.0 Å². The minimum absolute atomic E-state index is 0.184. The Kier molecular flexibility index (Phi) is 8.54. The molecule has 0 aliphatic carbocycles. The van der Waals surface area contributed by atoms with Gasteiger partial charge in [-0.3, -0.25) is 29.6 Å². The van der Waals surface area contributed by atoms with E-state index < -0.39 is 11.6 Å². The molecule has 3 N–H and O–H groups in total. The Labute approximate surface area is 189 Å². The number of benzene rings is 1. The molecule has 32 heavy (non-hydrogen) atoms. The van der Waals surface area contributed by atoms with Crippen LogP contribution in [0.5, 0.6) is 0 Å². The number of hydrogen-bond donors (Lipinski definition) is 2. The van der Waals surface area contributed by atoms with Gasteiger partial charge in [-0.1, -0.05) is 36.4 Å². The second kappa shape index (κ2) is 10.9. The Morgan fingerprint density at radius 3 is 2.44 bits per heavy atom. The largest absolute Gasteiger partial charge is 0.333 e. The molecule has 0 bridgehead atoms. The molecular formula is C23H33N5O4. The molecule has 1 aliphatic heterocycles. The van der Waals surface area contributed by atoms with Crippen LogP contribution in [-0.4, -0.2) is 77.2 Å². The Balaban J connectivity index is 2.09. The minimum atomic E-state index is -0.819. The monoisotopic (exact) mass is 443 g/mol. The van der Waals surface area contributed by atoms with Crippen molar-refractivity contribution in [1.82, 2.24) is 20.2 Å². The van der Waals surface area contributed by atoms with Crippen molar-refractivity contribution in [3.8, 4) is 0 Å². The summed E-state index contributed by atoms with van der Waals surface area (Å²) in [5, 5.41) is 1.26. The number of carbonyl (C=O) groups excluding carboxylic acids is 4. The van der Waals surface area contributed by atoms with Gasteiger partial charge in [0.1, 0.15) is 6.04 Å². The van der Waals surface area contributed by atoms with Gasteiger partial charge in [0, 0.05) is 32.5 Å². The van der Waals surface area contributed by atoms with Gasteiger partial charge < -0.3 is 15.5 Å². The highest BCUT2D eigenvalue weighted by molar-refractivity contribution is 5.94. The third kappa shape index (κ3) is 7.49. The minimum Gasteiger partial charge on any atom is -0.333 e. The van der Waals surface area contributed by atoms with Crippen LogP contribution in [0, 0.1) is 0 Å². The summed E-state index contributed by atoms with van der Waals surface area (Å²) < 4.78 is 0. The highest BCUT2D eigenvalue weighted by atomic mass is 16.2. The maximum Gasteiger partial charge on any atom is 0.264 e. The third-order valence-corrected chi connectivity index (χ3v) is 5.16. The second-order valence-electron chi connectivity index (χ2n) is 8.77. The molecule has 1 heterocycles. The Morgan fingerprint density at radius 1 is 1.22 bits per heavy atom. The molecule has 0 aromatic heterocycles. The fourth-order valence-electron chi connectivity index (χ4n) is 3.20. The average molecular weight is 444 g/mol.